The normalized spacial score (nSPS) is 28.8. The van der Waals surface area contributed by atoms with Crippen molar-refractivity contribution < 1.29 is 4.79 Å². The minimum atomic E-state index is 0.326. The molecular weight excluding hydrogens is 138 g/mol. The lowest BCUT2D eigenvalue weighted by molar-refractivity contribution is -0.133. The summed E-state index contributed by atoms with van der Waals surface area (Å²) in [5.74, 6) is 1.29. The van der Waals surface area contributed by atoms with E-state index in [-0.39, 0.29) is 0 Å². The van der Waals surface area contributed by atoms with Crippen LogP contribution in [0.1, 0.15) is 27.2 Å². The van der Waals surface area contributed by atoms with Crippen molar-refractivity contribution in [1.82, 2.24) is 4.90 Å². The Labute approximate surface area is 68.6 Å². The predicted molar refractivity (Wildman–Crippen MR) is 45.2 cm³/mol. The maximum absolute atomic E-state index is 11.5. The number of amides is 1. The zero-order valence-electron chi connectivity index (χ0n) is 7.79. The lowest BCUT2D eigenvalue weighted by Crippen LogP contribution is -2.34. The van der Waals surface area contributed by atoms with Crippen molar-refractivity contribution in [2.75, 3.05) is 7.05 Å². The van der Waals surface area contributed by atoms with E-state index in [9.17, 15) is 4.79 Å². The van der Waals surface area contributed by atoms with Crippen molar-refractivity contribution in [2.45, 2.75) is 33.2 Å². The van der Waals surface area contributed by atoms with Crippen molar-refractivity contribution in [3.05, 3.63) is 0 Å². The molecule has 0 aromatic rings. The quantitative estimate of drug-likeness (QED) is 0.592. The molecule has 1 amide bonds. The van der Waals surface area contributed by atoms with E-state index in [0.29, 0.717) is 23.8 Å². The third-order valence-electron chi connectivity index (χ3n) is 2.55. The first-order valence-electron chi connectivity index (χ1n) is 4.30. The minimum absolute atomic E-state index is 0.326. The number of hydrogen-bond acceptors (Lipinski definition) is 1. The molecular formula is C9H17NO. The zero-order chi connectivity index (χ0) is 8.59. The smallest absolute Gasteiger partial charge is 0.225 e. The second kappa shape index (κ2) is 2.84. The first kappa shape index (κ1) is 8.57. The van der Waals surface area contributed by atoms with Gasteiger partial charge < -0.3 is 4.90 Å². The van der Waals surface area contributed by atoms with Gasteiger partial charge in [-0.2, -0.15) is 0 Å². The van der Waals surface area contributed by atoms with E-state index in [1.165, 1.54) is 0 Å². The molecule has 0 saturated heterocycles. The molecule has 11 heavy (non-hydrogen) atoms. The van der Waals surface area contributed by atoms with Crippen LogP contribution in [0.4, 0.5) is 0 Å². The summed E-state index contributed by atoms with van der Waals surface area (Å²) in [6.07, 6.45) is 1.09. The molecule has 0 heterocycles. The molecule has 1 aliphatic rings. The van der Waals surface area contributed by atoms with Crippen LogP contribution in [0.25, 0.3) is 0 Å². The summed E-state index contributed by atoms with van der Waals surface area (Å²) in [5, 5.41) is 0. The second-order valence-corrected chi connectivity index (χ2v) is 3.86. The van der Waals surface area contributed by atoms with Gasteiger partial charge in [0.15, 0.2) is 0 Å². The molecule has 1 rings (SSSR count). The lowest BCUT2D eigenvalue weighted by atomic mass is 10.2. The summed E-state index contributed by atoms with van der Waals surface area (Å²) < 4.78 is 0. The van der Waals surface area contributed by atoms with Crippen LogP contribution in [-0.2, 0) is 4.79 Å². The van der Waals surface area contributed by atoms with Crippen LogP contribution in [0.5, 0.6) is 0 Å². The van der Waals surface area contributed by atoms with Crippen molar-refractivity contribution in [3.8, 4) is 0 Å². The average Bonchev–Trinajstić information content (AvgIpc) is 2.63. The standard InChI is InChI=1S/C9H17NO/c1-6(2)10(4)9(11)8-5-7(8)3/h6-8H,5H2,1-4H3/t7-,8-/m1/s1. The van der Waals surface area contributed by atoms with E-state index < -0.39 is 0 Å². The summed E-state index contributed by atoms with van der Waals surface area (Å²) in [6.45, 7) is 6.23. The third-order valence-corrected chi connectivity index (χ3v) is 2.55. The number of rotatable bonds is 2. The van der Waals surface area contributed by atoms with E-state index in [0.717, 1.165) is 6.42 Å². The van der Waals surface area contributed by atoms with Gasteiger partial charge in [-0.05, 0) is 26.2 Å². The molecule has 0 unspecified atom stereocenters. The van der Waals surface area contributed by atoms with Gasteiger partial charge in [-0.1, -0.05) is 6.92 Å². The van der Waals surface area contributed by atoms with E-state index >= 15 is 0 Å². The van der Waals surface area contributed by atoms with Crippen LogP contribution in [0.3, 0.4) is 0 Å². The minimum Gasteiger partial charge on any atom is -0.343 e. The van der Waals surface area contributed by atoms with Gasteiger partial charge in [0, 0.05) is 19.0 Å². The Balaban J connectivity index is 2.42. The zero-order valence-corrected chi connectivity index (χ0v) is 7.79. The number of carbonyl (C=O) groups is 1. The Kier molecular flexibility index (Phi) is 2.21. The largest absolute Gasteiger partial charge is 0.343 e. The number of nitrogens with zero attached hydrogens (tertiary/aromatic N) is 1. The monoisotopic (exact) mass is 155 g/mol. The Morgan fingerprint density at radius 2 is 2.00 bits per heavy atom. The molecule has 1 fully saturated rings. The first-order chi connectivity index (χ1) is 5.04. The van der Waals surface area contributed by atoms with Crippen LogP contribution < -0.4 is 0 Å². The molecule has 2 nitrogen and oxygen atoms in total. The Bertz CT molecular complexity index is 165. The van der Waals surface area contributed by atoms with Gasteiger partial charge in [0.1, 0.15) is 0 Å². The van der Waals surface area contributed by atoms with Gasteiger partial charge in [0.05, 0.1) is 0 Å². The fourth-order valence-corrected chi connectivity index (χ4v) is 1.18. The highest BCUT2D eigenvalue weighted by molar-refractivity contribution is 5.81. The maximum atomic E-state index is 11.5. The molecule has 0 N–H and O–H groups in total. The number of hydrogen-bond donors (Lipinski definition) is 0. The topological polar surface area (TPSA) is 20.3 Å². The molecule has 0 radical (unpaired) electrons. The van der Waals surface area contributed by atoms with Crippen LogP contribution in [-0.4, -0.2) is 23.9 Å². The summed E-state index contributed by atoms with van der Waals surface area (Å²) >= 11 is 0. The third kappa shape index (κ3) is 1.73. The molecule has 1 aliphatic carbocycles. The van der Waals surface area contributed by atoms with E-state index in [4.69, 9.17) is 0 Å². The average molecular weight is 155 g/mol. The molecule has 0 spiro atoms. The highest BCUT2D eigenvalue weighted by atomic mass is 16.2. The van der Waals surface area contributed by atoms with E-state index in [2.05, 4.69) is 6.92 Å². The van der Waals surface area contributed by atoms with Crippen LogP contribution in [0, 0.1) is 11.8 Å². The van der Waals surface area contributed by atoms with Crippen molar-refractivity contribution in [3.63, 3.8) is 0 Å². The lowest BCUT2D eigenvalue weighted by Gasteiger charge is -2.21. The molecule has 0 bridgehead atoms. The van der Waals surface area contributed by atoms with E-state index in [1.807, 2.05) is 25.8 Å². The van der Waals surface area contributed by atoms with Gasteiger partial charge in [-0.3, -0.25) is 4.79 Å². The van der Waals surface area contributed by atoms with Crippen LogP contribution in [0.15, 0.2) is 0 Å². The molecule has 2 heteroatoms. The first-order valence-corrected chi connectivity index (χ1v) is 4.30. The Morgan fingerprint density at radius 1 is 1.55 bits per heavy atom. The molecule has 0 aromatic heterocycles. The van der Waals surface area contributed by atoms with Crippen molar-refractivity contribution in [2.24, 2.45) is 11.8 Å². The fraction of sp³-hybridized carbons (Fsp3) is 0.889. The van der Waals surface area contributed by atoms with Crippen LogP contribution >= 0.6 is 0 Å². The predicted octanol–water partition coefficient (Wildman–Crippen LogP) is 1.51. The highest BCUT2D eigenvalue weighted by Crippen LogP contribution is 2.39. The summed E-state index contributed by atoms with van der Waals surface area (Å²) in [6, 6.07) is 0.343. The summed E-state index contributed by atoms with van der Waals surface area (Å²) in [5.41, 5.74) is 0. The van der Waals surface area contributed by atoms with Gasteiger partial charge in [-0.15, -0.1) is 0 Å². The summed E-state index contributed by atoms with van der Waals surface area (Å²) in [4.78, 5) is 13.3. The van der Waals surface area contributed by atoms with Gasteiger partial charge in [-0.25, -0.2) is 0 Å². The van der Waals surface area contributed by atoms with Gasteiger partial charge in [0.2, 0.25) is 5.91 Å². The summed E-state index contributed by atoms with van der Waals surface area (Å²) in [7, 11) is 1.89. The molecule has 64 valence electrons. The van der Waals surface area contributed by atoms with Crippen molar-refractivity contribution in [1.29, 1.82) is 0 Å². The maximum Gasteiger partial charge on any atom is 0.225 e. The second-order valence-electron chi connectivity index (χ2n) is 3.86. The SMILES string of the molecule is CC(C)N(C)C(=O)[C@@H]1C[C@H]1C. The molecule has 0 aromatic carbocycles. The van der Waals surface area contributed by atoms with Gasteiger partial charge >= 0.3 is 0 Å². The molecule has 1 saturated carbocycles. The number of carbonyl (C=O) groups excluding carboxylic acids is 1. The highest BCUT2D eigenvalue weighted by Gasteiger charge is 2.40. The van der Waals surface area contributed by atoms with Crippen molar-refractivity contribution >= 4 is 5.91 Å². The Hall–Kier alpha value is -0.530. The molecule has 0 aliphatic heterocycles. The van der Waals surface area contributed by atoms with Crippen LogP contribution in [0.2, 0.25) is 0 Å². The Morgan fingerprint density at radius 3 is 2.27 bits per heavy atom. The fourth-order valence-electron chi connectivity index (χ4n) is 1.18. The molecule has 2 atom stereocenters. The van der Waals surface area contributed by atoms with Gasteiger partial charge in [0.25, 0.3) is 0 Å². The van der Waals surface area contributed by atoms with E-state index in [1.54, 1.807) is 0 Å².